The van der Waals surface area contributed by atoms with Gasteiger partial charge in [-0.1, -0.05) is 35.3 Å². The number of halogens is 2. The van der Waals surface area contributed by atoms with Crippen LogP contribution in [0.4, 0.5) is 0 Å². The Morgan fingerprint density at radius 1 is 0.833 bits per heavy atom. The number of hydrogen-bond acceptors (Lipinski definition) is 0. The molecular weight excluding hydrogens is 265 g/mol. The zero-order valence-corrected chi connectivity index (χ0v) is 11.3. The van der Waals surface area contributed by atoms with Gasteiger partial charge in [0.1, 0.15) is 0 Å². The lowest BCUT2D eigenvalue weighted by Crippen LogP contribution is -1.90. The van der Waals surface area contributed by atoms with Crippen molar-refractivity contribution >= 4 is 34.1 Å². The van der Waals surface area contributed by atoms with Crippen molar-refractivity contribution in [1.82, 2.24) is 4.57 Å². The number of aryl methyl sites for hydroxylation is 1. The molecule has 0 aliphatic heterocycles. The first kappa shape index (κ1) is 11.6. The van der Waals surface area contributed by atoms with E-state index in [0.29, 0.717) is 0 Å². The van der Waals surface area contributed by atoms with Crippen molar-refractivity contribution in [3.63, 3.8) is 0 Å². The Morgan fingerprint density at radius 2 is 1.50 bits per heavy atom. The van der Waals surface area contributed by atoms with Gasteiger partial charge in [-0.2, -0.15) is 0 Å². The van der Waals surface area contributed by atoms with Crippen molar-refractivity contribution < 1.29 is 0 Å². The number of aromatic nitrogens is 1. The van der Waals surface area contributed by atoms with Crippen LogP contribution in [0, 0.1) is 0 Å². The number of benzene rings is 2. The fraction of sp³-hybridized carbons (Fsp3) is 0.0667. The van der Waals surface area contributed by atoms with Crippen LogP contribution in [0.3, 0.4) is 0 Å². The Labute approximate surface area is 116 Å². The minimum absolute atomic E-state index is 0.751. The number of rotatable bonds is 1. The standard InChI is InChI=1S/C15H11Cl2N/c1-18-14-7-6-13(17)8-11(14)9-15(18)10-2-4-12(16)5-3-10/h2-9H,1H3. The van der Waals surface area contributed by atoms with E-state index in [2.05, 4.69) is 17.7 Å². The molecule has 0 bridgehead atoms. The summed E-state index contributed by atoms with van der Waals surface area (Å²) in [5.74, 6) is 0. The van der Waals surface area contributed by atoms with Gasteiger partial charge in [0.15, 0.2) is 0 Å². The predicted molar refractivity (Wildman–Crippen MR) is 78.4 cm³/mol. The van der Waals surface area contributed by atoms with Crippen LogP contribution < -0.4 is 0 Å². The topological polar surface area (TPSA) is 4.93 Å². The highest BCUT2D eigenvalue weighted by atomic mass is 35.5. The summed E-state index contributed by atoms with van der Waals surface area (Å²) in [7, 11) is 2.06. The van der Waals surface area contributed by atoms with Crippen molar-refractivity contribution in [2.45, 2.75) is 0 Å². The maximum Gasteiger partial charge on any atom is 0.0488 e. The van der Waals surface area contributed by atoms with Crippen LogP contribution >= 0.6 is 23.2 Å². The van der Waals surface area contributed by atoms with E-state index >= 15 is 0 Å². The molecule has 3 aromatic rings. The highest BCUT2D eigenvalue weighted by Crippen LogP contribution is 2.29. The summed E-state index contributed by atoms with van der Waals surface area (Å²) < 4.78 is 2.16. The molecule has 18 heavy (non-hydrogen) atoms. The maximum absolute atomic E-state index is 6.02. The Kier molecular flexibility index (Phi) is 2.81. The number of hydrogen-bond donors (Lipinski definition) is 0. The SMILES string of the molecule is Cn1c(-c2ccc(Cl)cc2)cc2cc(Cl)ccc21. The van der Waals surface area contributed by atoms with Gasteiger partial charge in [0.2, 0.25) is 0 Å². The summed E-state index contributed by atoms with van der Waals surface area (Å²) in [6.45, 7) is 0. The molecule has 3 heteroatoms. The van der Waals surface area contributed by atoms with Gasteiger partial charge in [0.25, 0.3) is 0 Å². The van der Waals surface area contributed by atoms with E-state index in [-0.39, 0.29) is 0 Å². The average molecular weight is 276 g/mol. The van der Waals surface area contributed by atoms with Gasteiger partial charge in [-0.3, -0.25) is 0 Å². The van der Waals surface area contributed by atoms with Gasteiger partial charge < -0.3 is 4.57 Å². The molecule has 0 atom stereocenters. The average Bonchev–Trinajstić information content (AvgIpc) is 2.67. The molecule has 1 nitrogen and oxygen atoms in total. The van der Waals surface area contributed by atoms with Gasteiger partial charge in [-0.25, -0.2) is 0 Å². The second-order valence-corrected chi connectivity index (χ2v) is 5.17. The summed E-state index contributed by atoms with van der Waals surface area (Å²) in [5, 5.41) is 2.66. The lowest BCUT2D eigenvalue weighted by molar-refractivity contribution is 0.978. The molecule has 3 rings (SSSR count). The van der Waals surface area contributed by atoms with Crippen molar-refractivity contribution in [1.29, 1.82) is 0 Å². The van der Waals surface area contributed by atoms with E-state index in [9.17, 15) is 0 Å². The maximum atomic E-state index is 6.02. The molecule has 0 aliphatic carbocycles. The third kappa shape index (κ3) is 1.90. The first-order valence-electron chi connectivity index (χ1n) is 5.66. The normalized spacial score (nSPS) is 11.1. The van der Waals surface area contributed by atoms with Crippen molar-refractivity contribution in [2.24, 2.45) is 7.05 Å². The molecule has 1 aromatic heterocycles. The molecule has 0 unspecified atom stereocenters. The Morgan fingerprint density at radius 3 is 2.22 bits per heavy atom. The molecular formula is C15H11Cl2N. The van der Waals surface area contributed by atoms with Gasteiger partial charge in [0.05, 0.1) is 0 Å². The van der Waals surface area contributed by atoms with Crippen LogP contribution in [0.25, 0.3) is 22.2 Å². The summed E-state index contributed by atoms with van der Waals surface area (Å²) >= 11 is 11.9. The first-order chi connectivity index (χ1) is 8.65. The molecule has 0 N–H and O–H groups in total. The van der Waals surface area contributed by atoms with Gasteiger partial charge in [-0.05, 0) is 42.0 Å². The second-order valence-electron chi connectivity index (χ2n) is 4.30. The van der Waals surface area contributed by atoms with Gasteiger partial charge in [-0.15, -0.1) is 0 Å². The highest BCUT2D eigenvalue weighted by molar-refractivity contribution is 6.31. The van der Waals surface area contributed by atoms with Crippen LogP contribution in [-0.4, -0.2) is 4.57 Å². The fourth-order valence-corrected chi connectivity index (χ4v) is 2.52. The van der Waals surface area contributed by atoms with Crippen LogP contribution in [0.2, 0.25) is 10.0 Å². The van der Waals surface area contributed by atoms with Crippen LogP contribution in [0.15, 0.2) is 48.5 Å². The molecule has 0 radical (unpaired) electrons. The van der Waals surface area contributed by atoms with Crippen LogP contribution in [-0.2, 0) is 7.05 Å². The highest BCUT2D eigenvalue weighted by Gasteiger charge is 2.07. The third-order valence-corrected chi connectivity index (χ3v) is 3.63. The molecule has 0 fully saturated rings. The molecule has 2 aromatic carbocycles. The van der Waals surface area contributed by atoms with Crippen LogP contribution in [0.5, 0.6) is 0 Å². The Balaban J connectivity index is 2.23. The zero-order chi connectivity index (χ0) is 12.7. The monoisotopic (exact) mass is 275 g/mol. The molecule has 0 saturated heterocycles. The van der Waals surface area contributed by atoms with E-state index in [1.165, 1.54) is 5.52 Å². The Bertz CT molecular complexity index is 711. The summed E-state index contributed by atoms with van der Waals surface area (Å²) in [6, 6.07) is 15.9. The minimum Gasteiger partial charge on any atom is -0.344 e. The molecule has 0 saturated carbocycles. The van der Waals surface area contributed by atoms with Crippen molar-refractivity contribution in [3.05, 3.63) is 58.6 Å². The molecule has 0 spiro atoms. The smallest absolute Gasteiger partial charge is 0.0488 e. The summed E-state index contributed by atoms with van der Waals surface area (Å²) in [6.07, 6.45) is 0. The van der Waals surface area contributed by atoms with Crippen LogP contribution in [0.1, 0.15) is 0 Å². The van der Waals surface area contributed by atoms with Crippen molar-refractivity contribution in [3.8, 4) is 11.3 Å². The first-order valence-corrected chi connectivity index (χ1v) is 6.42. The van der Waals surface area contributed by atoms with Gasteiger partial charge >= 0.3 is 0 Å². The largest absolute Gasteiger partial charge is 0.344 e. The second kappa shape index (κ2) is 4.34. The lowest BCUT2D eigenvalue weighted by Gasteiger charge is -2.04. The number of fused-ring (bicyclic) bond motifs is 1. The summed E-state index contributed by atoms with van der Waals surface area (Å²) in [4.78, 5) is 0. The zero-order valence-electron chi connectivity index (χ0n) is 9.82. The number of nitrogens with zero attached hydrogens (tertiary/aromatic N) is 1. The van der Waals surface area contributed by atoms with Crippen molar-refractivity contribution in [2.75, 3.05) is 0 Å². The molecule has 1 heterocycles. The van der Waals surface area contributed by atoms with E-state index in [1.807, 2.05) is 42.5 Å². The van der Waals surface area contributed by atoms with E-state index in [1.54, 1.807) is 0 Å². The minimum atomic E-state index is 0.751. The third-order valence-electron chi connectivity index (χ3n) is 3.14. The van der Waals surface area contributed by atoms with Gasteiger partial charge in [0, 0.05) is 33.7 Å². The molecule has 90 valence electrons. The fourth-order valence-electron chi connectivity index (χ4n) is 2.22. The quantitative estimate of drug-likeness (QED) is 0.579. The lowest BCUT2D eigenvalue weighted by atomic mass is 10.1. The predicted octanol–water partition coefficient (Wildman–Crippen LogP) is 5.15. The van der Waals surface area contributed by atoms with E-state index < -0.39 is 0 Å². The molecule has 0 aliphatic rings. The molecule has 0 amide bonds. The van der Waals surface area contributed by atoms with E-state index in [4.69, 9.17) is 23.2 Å². The van der Waals surface area contributed by atoms with E-state index in [0.717, 1.165) is 26.7 Å². The Hall–Kier alpha value is -1.44. The summed E-state index contributed by atoms with van der Waals surface area (Å²) in [5.41, 5.74) is 3.47.